The monoisotopic (exact) mass is 156 g/mol. The van der Waals surface area contributed by atoms with Gasteiger partial charge >= 0.3 is 0 Å². The molecule has 2 fully saturated rings. The number of methoxy groups -OCH3 is 1. The molecule has 2 aliphatic rings. The van der Waals surface area contributed by atoms with Gasteiger partial charge in [-0.15, -0.1) is 0 Å². The fourth-order valence-electron chi connectivity index (χ4n) is 2.15. The zero-order chi connectivity index (χ0) is 7.68. The van der Waals surface area contributed by atoms with Crippen LogP contribution in [-0.2, 0) is 9.47 Å². The van der Waals surface area contributed by atoms with E-state index in [-0.39, 0.29) is 0 Å². The third kappa shape index (κ3) is 1.57. The maximum Gasteiger partial charge on any atom is 0.0862 e. The quantitative estimate of drug-likeness (QED) is 0.566. The lowest BCUT2D eigenvalue weighted by Crippen LogP contribution is -2.30. The van der Waals surface area contributed by atoms with Crippen molar-refractivity contribution in [3.05, 3.63) is 0 Å². The molecule has 1 aliphatic carbocycles. The summed E-state index contributed by atoms with van der Waals surface area (Å²) in [4.78, 5) is 0. The van der Waals surface area contributed by atoms with E-state index in [1.807, 2.05) is 7.11 Å². The van der Waals surface area contributed by atoms with Gasteiger partial charge in [-0.05, 0) is 12.8 Å². The number of hydrogen-bond acceptors (Lipinski definition) is 2. The maximum absolute atomic E-state index is 5.43. The highest BCUT2D eigenvalue weighted by Gasteiger charge is 2.39. The summed E-state index contributed by atoms with van der Waals surface area (Å²) in [5.74, 6) is 0.703. The van der Waals surface area contributed by atoms with E-state index in [0.717, 1.165) is 6.61 Å². The summed E-state index contributed by atoms with van der Waals surface area (Å²) in [5.41, 5.74) is 0. The van der Waals surface area contributed by atoms with Crippen LogP contribution in [0.1, 0.15) is 25.7 Å². The minimum absolute atomic E-state index is 0.483. The van der Waals surface area contributed by atoms with Crippen molar-refractivity contribution in [3.8, 4) is 0 Å². The molecule has 0 spiro atoms. The normalized spacial score (nSPS) is 43.9. The molecule has 1 aliphatic heterocycles. The summed E-state index contributed by atoms with van der Waals surface area (Å²) in [7, 11) is 1.82. The lowest BCUT2D eigenvalue weighted by atomic mass is 9.84. The van der Waals surface area contributed by atoms with E-state index < -0.39 is 0 Å². The van der Waals surface area contributed by atoms with Gasteiger partial charge in [-0.1, -0.05) is 12.8 Å². The highest BCUT2D eigenvalue weighted by molar-refractivity contribution is 4.87. The molecule has 0 N–H and O–H groups in total. The van der Waals surface area contributed by atoms with Crippen LogP contribution < -0.4 is 0 Å². The van der Waals surface area contributed by atoms with Crippen molar-refractivity contribution >= 4 is 0 Å². The minimum Gasteiger partial charge on any atom is -0.381 e. The second-order valence-corrected chi connectivity index (χ2v) is 3.59. The van der Waals surface area contributed by atoms with Gasteiger partial charge in [-0.3, -0.25) is 0 Å². The summed E-state index contributed by atoms with van der Waals surface area (Å²) in [6, 6.07) is 0. The van der Waals surface area contributed by atoms with Gasteiger partial charge in [-0.25, -0.2) is 0 Å². The molecule has 1 saturated carbocycles. The molecule has 1 heterocycles. The fourth-order valence-corrected chi connectivity index (χ4v) is 2.15. The summed E-state index contributed by atoms with van der Waals surface area (Å²) in [5, 5.41) is 0. The Balaban J connectivity index is 1.91. The molecule has 1 saturated heterocycles. The summed E-state index contributed by atoms with van der Waals surface area (Å²) >= 11 is 0. The van der Waals surface area contributed by atoms with Gasteiger partial charge in [0.1, 0.15) is 0 Å². The Kier molecular flexibility index (Phi) is 2.14. The van der Waals surface area contributed by atoms with Crippen molar-refractivity contribution in [3.63, 3.8) is 0 Å². The van der Waals surface area contributed by atoms with E-state index in [4.69, 9.17) is 9.47 Å². The van der Waals surface area contributed by atoms with Crippen LogP contribution in [-0.4, -0.2) is 25.9 Å². The van der Waals surface area contributed by atoms with E-state index in [0.29, 0.717) is 18.1 Å². The van der Waals surface area contributed by atoms with E-state index >= 15 is 0 Å². The molecule has 2 rings (SSSR count). The number of hydrogen-bond donors (Lipinski definition) is 0. The molecular weight excluding hydrogens is 140 g/mol. The third-order valence-electron chi connectivity index (χ3n) is 2.89. The molecule has 3 atom stereocenters. The van der Waals surface area contributed by atoms with E-state index in [1.54, 1.807) is 0 Å². The van der Waals surface area contributed by atoms with Gasteiger partial charge in [0.05, 0.1) is 18.8 Å². The first-order valence-electron chi connectivity index (χ1n) is 4.56. The average molecular weight is 156 g/mol. The lowest BCUT2D eigenvalue weighted by molar-refractivity contribution is 0.0125. The van der Waals surface area contributed by atoms with E-state index in [1.165, 1.54) is 25.7 Å². The molecule has 0 aromatic carbocycles. The van der Waals surface area contributed by atoms with Crippen LogP contribution >= 0.6 is 0 Å². The van der Waals surface area contributed by atoms with Gasteiger partial charge in [0.15, 0.2) is 0 Å². The first-order chi connectivity index (χ1) is 5.42. The summed E-state index contributed by atoms with van der Waals surface area (Å²) in [6.45, 7) is 0.977. The van der Waals surface area contributed by atoms with Gasteiger partial charge in [0, 0.05) is 13.0 Å². The van der Waals surface area contributed by atoms with Crippen LogP contribution in [0, 0.1) is 5.92 Å². The Morgan fingerprint density at radius 2 is 2.00 bits per heavy atom. The topological polar surface area (TPSA) is 21.8 Å². The fraction of sp³-hybridized carbons (Fsp3) is 1.00. The van der Waals surface area contributed by atoms with Crippen LogP contribution in [0.3, 0.4) is 0 Å². The van der Waals surface area contributed by atoms with Crippen LogP contribution in [0.15, 0.2) is 0 Å². The van der Waals surface area contributed by atoms with Crippen molar-refractivity contribution in [1.29, 1.82) is 0 Å². The second kappa shape index (κ2) is 3.11. The Bertz CT molecular complexity index is 132. The smallest absolute Gasteiger partial charge is 0.0862 e. The van der Waals surface area contributed by atoms with Crippen molar-refractivity contribution in [1.82, 2.24) is 0 Å². The standard InChI is InChI=1S/C9H16O2/c1-10-8-5-3-2-4-7(8)9-6-11-9/h7-9H,2-6H2,1H3. The van der Waals surface area contributed by atoms with E-state index in [9.17, 15) is 0 Å². The minimum atomic E-state index is 0.483. The van der Waals surface area contributed by atoms with Crippen molar-refractivity contribution < 1.29 is 9.47 Å². The zero-order valence-electron chi connectivity index (χ0n) is 7.08. The number of epoxide rings is 1. The van der Waals surface area contributed by atoms with Crippen molar-refractivity contribution in [2.45, 2.75) is 37.9 Å². The molecule has 0 aromatic heterocycles. The Labute approximate surface area is 67.9 Å². The maximum atomic E-state index is 5.43. The third-order valence-corrected chi connectivity index (χ3v) is 2.89. The summed E-state index contributed by atoms with van der Waals surface area (Å²) < 4.78 is 10.7. The SMILES string of the molecule is COC1CCCCC1C1CO1. The Morgan fingerprint density at radius 3 is 2.64 bits per heavy atom. The molecule has 11 heavy (non-hydrogen) atoms. The molecule has 0 bridgehead atoms. The molecular formula is C9H16O2. The van der Waals surface area contributed by atoms with Crippen molar-refractivity contribution in [2.24, 2.45) is 5.92 Å². The number of ether oxygens (including phenoxy) is 2. The zero-order valence-corrected chi connectivity index (χ0v) is 7.08. The molecule has 0 aromatic rings. The largest absolute Gasteiger partial charge is 0.381 e. The highest BCUT2D eigenvalue weighted by atomic mass is 16.6. The molecule has 2 nitrogen and oxygen atoms in total. The van der Waals surface area contributed by atoms with Gasteiger partial charge < -0.3 is 9.47 Å². The molecule has 3 unspecified atom stereocenters. The predicted molar refractivity (Wildman–Crippen MR) is 42.5 cm³/mol. The molecule has 64 valence electrons. The van der Waals surface area contributed by atoms with Crippen molar-refractivity contribution in [2.75, 3.05) is 13.7 Å². The molecule has 0 radical (unpaired) electrons. The van der Waals surface area contributed by atoms with Gasteiger partial charge in [0.2, 0.25) is 0 Å². The molecule has 2 heteroatoms. The van der Waals surface area contributed by atoms with Crippen LogP contribution in [0.25, 0.3) is 0 Å². The first-order valence-corrected chi connectivity index (χ1v) is 4.56. The lowest BCUT2D eigenvalue weighted by Gasteiger charge is -2.28. The predicted octanol–water partition coefficient (Wildman–Crippen LogP) is 1.59. The first kappa shape index (κ1) is 7.56. The summed E-state index contributed by atoms with van der Waals surface area (Å²) in [6.07, 6.45) is 6.27. The number of rotatable bonds is 2. The van der Waals surface area contributed by atoms with E-state index in [2.05, 4.69) is 0 Å². The Hall–Kier alpha value is -0.0800. The molecule has 0 amide bonds. The van der Waals surface area contributed by atoms with Crippen LogP contribution in [0.4, 0.5) is 0 Å². The van der Waals surface area contributed by atoms with Gasteiger partial charge in [-0.2, -0.15) is 0 Å². The van der Waals surface area contributed by atoms with Crippen LogP contribution in [0.2, 0.25) is 0 Å². The van der Waals surface area contributed by atoms with Crippen LogP contribution in [0.5, 0.6) is 0 Å². The highest BCUT2D eigenvalue weighted by Crippen LogP contribution is 2.34. The van der Waals surface area contributed by atoms with Gasteiger partial charge in [0.25, 0.3) is 0 Å². The average Bonchev–Trinajstić information content (AvgIpc) is 2.87. The Morgan fingerprint density at radius 1 is 1.27 bits per heavy atom. The second-order valence-electron chi connectivity index (χ2n) is 3.59.